The number of nitrogens with one attached hydrogen (secondary N) is 2. The van der Waals surface area contributed by atoms with Crippen LogP contribution in [0.3, 0.4) is 0 Å². The van der Waals surface area contributed by atoms with E-state index in [1.165, 1.54) is 0 Å². The fourth-order valence-electron chi connectivity index (χ4n) is 2.52. The normalized spacial score (nSPS) is 22.1. The van der Waals surface area contributed by atoms with E-state index in [1.807, 2.05) is 0 Å². The molecular formula is C13H10BrN3O3. The van der Waals surface area contributed by atoms with E-state index >= 15 is 0 Å². The van der Waals surface area contributed by atoms with E-state index in [-0.39, 0.29) is 30.5 Å². The van der Waals surface area contributed by atoms with Gasteiger partial charge in [-0.25, -0.2) is 0 Å². The summed E-state index contributed by atoms with van der Waals surface area (Å²) in [6.45, 7) is 0. The van der Waals surface area contributed by atoms with Gasteiger partial charge in [0, 0.05) is 16.5 Å². The number of nitrogens with zero attached hydrogens (tertiary/aromatic N) is 1. The van der Waals surface area contributed by atoms with E-state index in [0.29, 0.717) is 15.6 Å². The van der Waals surface area contributed by atoms with Crippen molar-refractivity contribution in [2.24, 2.45) is 0 Å². The Bertz CT molecular complexity index is 671. The lowest BCUT2D eigenvalue weighted by molar-refractivity contribution is -0.135. The molecule has 0 aromatic heterocycles. The quantitative estimate of drug-likeness (QED) is 0.751. The minimum absolute atomic E-state index is 0.000740. The highest BCUT2D eigenvalue weighted by Crippen LogP contribution is 2.31. The van der Waals surface area contributed by atoms with E-state index in [9.17, 15) is 14.4 Å². The Labute approximate surface area is 122 Å². The van der Waals surface area contributed by atoms with Gasteiger partial charge in [-0.15, -0.1) is 0 Å². The molecule has 3 amide bonds. The average Bonchev–Trinajstić information content (AvgIpc) is 2.64. The fraction of sp³-hybridized carbons (Fsp3) is 0.231. The molecule has 0 spiro atoms. The smallest absolute Gasteiger partial charge is 0.262 e. The van der Waals surface area contributed by atoms with Gasteiger partial charge in [0.1, 0.15) is 11.9 Å². The highest BCUT2D eigenvalue weighted by molar-refractivity contribution is 9.10. The molecule has 2 aliphatic heterocycles. The molecule has 102 valence electrons. The first-order valence-corrected chi connectivity index (χ1v) is 6.84. The van der Waals surface area contributed by atoms with Crippen LogP contribution in [0, 0.1) is 5.41 Å². The molecule has 7 heteroatoms. The van der Waals surface area contributed by atoms with Gasteiger partial charge < -0.3 is 0 Å². The highest BCUT2D eigenvalue weighted by Gasteiger charge is 2.43. The van der Waals surface area contributed by atoms with Crippen molar-refractivity contribution in [3.63, 3.8) is 0 Å². The van der Waals surface area contributed by atoms with Crippen LogP contribution in [-0.4, -0.2) is 34.5 Å². The number of fused-ring (bicyclic) bond motifs is 1. The SMILES string of the molecule is N=C1c2cccc(Br)c2C(=O)N1C1CCC(=O)NC1=O. The first-order chi connectivity index (χ1) is 9.50. The zero-order valence-electron chi connectivity index (χ0n) is 10.3. The van der Waals surface area contributed by atoms with Gasteiger partial charge in [-0.1, -0.05) is 12.1 Å². The number of carbonyl (C=O) groups excluding carboxylic acids is 3. The van der Waals surface area contributed by atoms with Crippen LogP contribution in [-0.2, 0) is 9.59 Å². The first-order valence-electron chi connectivity index (χ1n) is 6.05. The van der Waals surface area contributed by atoms with Crippen molar-refractivity contribution in [3.05, 3.63) is 33.8 Å². The number of carbonyl (C=O) groups is 3. The van der Waals surface area contributed by atoms with Crippen molar-refractivity contribution in [1.29, 1.82) is 5.41 Å². The Morgan fingerprint density at radius 3 is 2.70 bits per heavy atom. The van der Waals surface area contributed by atoms with E-state index in [1.54, 1.807) is 18.2 Å². The van der Waals surface area contributed by atoms with Crippen LogP contribution < -0.4 is 5.32 Å². The van der Waals surface area contributed by atoms with Gasteiger partial charge in [-0.2, -0.15) is 0 Å². The Morgan fingerprint density at radius 2 is 2.05 bits per heavy atom. The molecule has 0 radical (unpaired) electrons. The zero-order chi connectivity index (χ0) is 14.4. The van der Waals surface area contributed by atoms with Crippen molar-refractivity contribution in [3.8, 4) is 0 Å². The predicted octanol–water partition coefficient (Wildman–Crippen LogP) is 1.04. The van der Waals surface area contributed by atoms with Crippen LogP contribution in [0.5, 0.6) is 0 Å². The number of imide groups is 1. The molecule has 2 heterocycles. The summed E-state index contributed by atoms with van der Waals surface area (Å²) < 4.78 is 0.597. The standard InChI is InChI=1S/C13H10BrN3O3/c14-7-3-1-2-6-10(7)13(20)17(11(6)15)8-4-5-9(18)16-12(8)19/h1-3,8,15H,4-5H2,(H,16,18,19). The second kappa shape index (κ2) is 4.52. The van der Waals surface area contributed by atoms with Crippen molar-refractivity contribution in [2.75, 3.05) is 0 Å². The van der Waals surface area contributed by atoms with Crippen LogP contribution in [0.4, 0.5) is 0 Å². The maximum atomic E-state index is 12.4. The second-order valence-electron chi connectivity index (χ2n) is 4.65. The van der Waals surface area contributed by atoms with Crippen LogP contribution in [0.15, 0.2) is 22.7 Å². The topological polar surface area (TPSA) is 90.3 Å². The molecule has 0 aliphatic carbocycles. The minimum atomic E-state index is -0.799. The molecule has 6 nitrogen and oxygen atoms in total. The molecule has 1 fully saturated rings. The van der Waals surface area contributed by atoms with Gasteiger partial charge in [0.25, 0.3) is 5.91 Å². The molecule has 1 aromatic rings. The largest absolute Gasteiger partial charge is 0.295 e. The molecule has 1 aromatic carbocycles. The summed E-state index contributed by atoms with van der Waals surface area (Å²) in [6, 6.07) is 4.33. The summed E-state index contributed by atoms with van der Waals surface area (Å²) in [5.74, 6) is -1.25. The lowest BCUT2D eigenvalue weighted by Gasteiger charge is -2.29. The number of rotatable bonds is 1. The Hall–Kier alpha value is -2.02. The molecule has 2 aliphatic rings. The maximum Gasteiger partial charge on any atom is 0.262 e. The van der Waals surface area contributed by atoms with Crippen molar-refractivity contribution in [1.82, 2.24) is 10.2 Å². The number of piperidine rings is 1. The molecule has 1 unspecified atom stereocenters. The number of amidine groups is 1. The molecule has 1 saturated heterocycles. The molecule has 0 bridgehead atoms. The van der Waals surface area contributed by atoms with Crippen LogP contribution in [0.25, 0.3) is 0 Å². The van der Waals surface area contributed by atoms with Gasteiger partial charge in [0.15, 0.2) is 0 Å². The molecular weight excluding hydrogens is 326 g/mol. The highest BCUT2D eigenvalue weighted by atomic mass is 79.9. The molecule has 0 saturated carbocycles. The van der Waals surface area contributed by atoms with Crippen LogP contribution >= 0.6 is 15.9 Å². The molecule has 3 rings (SSSR count). The molecule has 1 atom stereocenters. The summed E-state index contributed by atoms with van der Waals surface area (Å²) in [4.78, 5) is 36.7. The third-order valence-electron chi connectivity index (χ3n) is 3.46. The van der Waals surface area contributed by atoms with Gasteiger partial charge >= 0.3 is 0 Å². The number of benzene rings is 1. The zero-order valence-corrected chi connectivity index (χ0v) is 11.9. The van der Waals surface area contributed by atoms with Gasteiger partial charge in [-0.05, 0) is 28.4 Å². The predicted molar refractivity (Wildman–Crippen MR) is 73.3 cm³/mol. The van der Waals surface area contributed by atoms with E-state index in [4.69, 9.17) is 5.41 Å². The van der Waals surface area contributed by atoms with Crippen molar-refractivity contribution >= 4 is 39.5 Å². The van der Waals surface area contributed by atoms with Crippen LogP contribution in [0.1, 0.15) is 28.8 Å². The van der Waals surface area contributed by atoms with Gasteiger partial charge in [0.2, 0.25) is 11.8 Å². The number of amides is 3. The monoisotopic (exact) mass is 335 g/mol. The first kappa shape index (κ1) is 13.0. The second-order valence-corrected chi connectivity index (χ2v) is 5.51. The molecule has 2 N–H and O–H groups in total. The van der Waals surface area contributed by atoms with E-state index < -0.39 is 11.9 Å². The fourth-order valence-corrected chi connectivity index (χ4v) is 3.05. The summed E-state index contributed by atoms with van der Waals surface area (Å²) in [5, 5.41) is 10.3. The summed E-state index contributed by atoms with van der Waals surface area (Å²) >= 11 is 3.29. The Kier molecular flexibility index (Phi) is 2.93. The number of hydrogen-bond donors (Lipinski definition) is 2. The summed E-state index contributed by atoms with van der Waals surface area (Å²) in [7, 11) is 0. The summed E-state index contributed by atoms with van der Waals surface area (Å²) in [5.41, 5.74) is 0.885. The third-order valence-corrected chi connectivity index (χ3v) is 4.12. The minimum Gasteiger partial charge on any atom is -0.295 e. The van der Waals surface area contributed by atoms with Crippen molar-refractivity contribution < 1.29 is 14.4 Å². The lowest BCUT2D eigenvalue weighted by Crippen LogP contribution is -2.54. The molecule has 20 heavy (non-hydrogen) atoms. The lowest BCUT2D eigenvalue weighted by atomic mass is 10.0. The number of halogens is 1. The van der Waals surface area contributed by atoms with Crippen LogP contribution in [0.2, 0.25) is 0 Å². The van der Waals surface area contributed by atoms with Gasteiger partial charge in [-0.3, -0.25) is 30.0 Å². The summed E-state index contributed by atoms with van der Waals surface area (Å²) in [6.07, 6.45) is 0.412. The Morgan fingerprint density at radius 1 is 1.30 bits per heavy atom. The maximum absolute atomic E-state index is 12.4. The van der Waals surface area contributed by atoms with Crippen molar-refractivity contribution in [2.45, 2.75) is 18.9 Å². The third kappa shape index (κ3) is 1.77. The van der Waals surface area contributed by atoms with E-state index in [2.05, 4.69) is 21.2 Å². The Balaban J connectivity index is 2.00. The van der Waals surface area contributed by atoms with E-state index in [0.717, 1.165) is 4.90 Å². The average molecular weight is 336 g/mol. The number of hydrogen-bond acceptors (Lipinski definition) is 4. The van der Waals surface area contributed by atoms with Gasteiger partial charge in [0.05, 0.1) is 5.56 Å².